The molecule has 0 spiro atoms. The molecule has 1 heteroatoms. The van der Waals surface area contributed by atoms with E-state index in [0.29, 0.717) is 0 Å². The molecule has 0 amide bonds. The average Bonchev–Trinajstić information content (AvgIpc) is 2.79. The Morgan fingerprint density at radius 2 is 1.20 bits per heavy atom. The SMILES string of the molecule is B1CCCC1C1CCCCCCCCC1. The van der Waals surface area contributed by atoms with Crippen LogP contribution in [0.2, 0.25) is 12.1 Å². The molecule has 0 aromatic rings. The van der Waals surface area contributed by atoms with Crippen molar-refractivity contribution in [3.05, 3.63) is 0 Å². The second-order valence-electron chi connectivity index (χ2n) is 5.86. The van der Waals surface area contributed by atoms with Gasteiger partial charge in [0.25, 0.3) is 0 Å². The normalized spacial score (nSPS) is 31.1. The van der Waals surface area contributed by atoms with E-state index in [-0.39, 0.29) is 0 Å². The van der Waals surface area contributed by atoms with Gasteiger partial charge in [-0.05, 0) is 5.92 Å². The maximum Gasteiger partial charge on any atom is 0.124 e. The summed E-state index contributed by atoms with van der Waals surface area (Å²) in [6.07, 6.45) is 18.4. The largest absolute Gasteiger partial charge is 0.124 e. The fraction of sp³-hybridized carbons (Fsp3) is 1.00. The lowest BCUT2D eigenvalue weighted by atomic mass is 9.60. The standard InChI is InChI=1S/C14H27B/c1-2-4-6-9-13(10-7-5-3-1)14-11-8-12-15-14/h13-15H,1-12H2. The van der Waals surface area contributed by atoms with Crippen molar-refractivity contribution in [1.29, 1.82) is 0 Å². The van der Waals surface area contributed by atoms with Crippen molar-refractivity contribution in [2.24, 2.45) is 5.92 Å². The molecule has 1 saturated carbocycles. The zero-order chi connectivity index (χ0) is 10.3. The Kier molecular flexibility index (Phi) is 5.08. The molecule has 0 aromatic heterocycles. The summed E-state index contributed by atoms with van der Waals surface area (Å²) < 4.78 is 0. The zero-order valence-corrected chi connectivity index (χ0v) is 10.3. The van der Waals surface area contributed by atoms with Crippen LogP contribution in [0.3, 0.4) is 0 Å². The summed E-state index contributed by atoms with van der Waals surface area (Å²) >= 11 is 0. The molecule has 2 fully saturated rings. The Morgan fingerprint density at radius 1 is 0.600 bits per heavy atom. The van der Waals surface area contributed by atoms with E-state index in [2.05, 4.69) is 0 Å². The van der Waals surface area contributed by atoms with Gasteiger partial charge in [0.1, 0.15) is 7.28 Å². The Labute approximate surface area is 96.5 Å². The number of rotatable bonds is 1. The molecule has 2 rings (SSSR count). The molecule has 15 heavy (non-hydrogen) atoms. The topological polar surface area (TPSA) is 0 Å². The molecule has 0 radical (unpaired) electrons. The average molecular weight is 206 g/mol. The first-order chi connectivity index (χ1) is 7.47. The zero-order valence-electron chi connectivity index (χ0n) is 10.3. The monoisotopic (exact) mass is 206 g/mol. The molecule has 1 aliphatic heterocycles. The lowest BCUT2D eigenvalue weighted by Crippen LogP contribution is -2.12. The van der Waals surface area contributed by atoms with Gasteiger partial charge in [0.2, 0.25) is 0 Å². The maximum atomic E-state index is 1.56. The summed E-state index contributed by atoms with van der Waals surface area (Å²) in [6.45, 7) is 0. The summed E-state index contributed by atoms with van der Waals surface area (Å²) in [6, 6.07) is 0. The highest BCUT2D eigenvalue weighted by atomic mass is 14.2. The van der Waals surface area contributed by atoms with E-state index in [1.807, 2.05) is 0 Å². The van der Waals surface area contributed by atoms with E-state index >= 15 is 0 Å². The molecule has 1 saturated heterocycles. The summed E-state index contributed by atoms with van der Waals surface area (Å²) in [7, 11) is 1.56. The van der Waals surface area contributed by atoms with Crippen LogP contribution in [0.5, 0.6) is 0 Å². The minimum Gasteiger partial charge on any atom is -0.0772 e. The Morgan fingerprint density at radius 3 is 1.73 bits per heavy atom. The highest BCUT2D eigenvalue weighted by molar-refractivity contribution is 6.38. The molecule has 0 aromatic carbocycles. The van der Waals surface area contributed by atoms with Crippen molar-refractivity contribution in [2.75, 3.05) is 0 Å². The van der Waals surface area contributed by atoms with E-state index in [9.17, 15) is 0 Å². The van der Waals surface area contributed by atoms with Crippen molar-refractivity contribution in [3.8, 4) is 0 Å². The van der Waals surface area contributed by atoms with Crippen LogP contribution in [0.15, 0.2) is 0 Å². The van der Waals surface area contributed by atoms with Crippen LogP contribution in [0.1, 0.15) is 70.6 Å². The summed E-state index contributed by atoms with van der Waals surface area (Å²) in [5, 5.41) is 0. The van der Waals surface area contributed by atoms with Gasteiger partial charge < -0.3 is 0 Å². The van der Waals surface area contributed by atoms with Crippen molar-refractivity contribution in [3.63, 3.8) is 0 Å². The lowest BCUT2D eigenvalue weighted by Gasteiger charge is -2.24. The first-order valence-corrected chi connectivity index (χ1v) is 7.47. The van der Waals surface area contributed by atoms with Gasteiger partial charge in [-0.25, -0.2) is 0 Å². The van der Waals surface area contributed by atoms with Gasteiger partial charge in [-0.15, -0.1) is 0 Å². The first-order valence-electron chi connectivity index (χ1n) is 7.47. The predicted octanol–water partition coefficient (Wildman–Crippen LogP) is 4.56. The number of hydrogen-bond donors (Lipinski definition) is 0. The highest BCUT2D eigenvalue weighted by Crippen LogP contribution is 2.38. The third kappa shape index (κ3) is 3.85. The van der Waals surface area contributed by atoms with E-state index < -0.39 is 0 Å². The van der Waals surface area contributed by atoms with Crippen LogP contribution in [-0.2, 0) is 0 Å². The van der Waals surface area contributed by atoms with Gasteiger partial charge in [0.05, 0.1) is 0 Å². The molecule has 1 aliphatic carbocycles. The second kappa shape index (κ2) is 6.61. The minimum atomic E-state index is 1.12. The third-order valence-corrected chi connectivity index (χ3v) is 4.72. The Bertz CT molecular complexity index is 151. The van der Waals surface area contributed by atoms with E-state index in [0.717, 1.165) is 11.7 Å². The fourth-order valence-electron chi connectivity index (χ4n) is 3.74. The number of hydrogen-bond acceptors (Lipinski definition) is 0. The Balaban J connectivity index is 1.78. The van der Waals surface area contributed by atoms with Gasteiger partial charge in [0, 0.05) is 0 Å². The highest BCUT2D eigenvalue weighted by Gasteiger charge is 2.25. The third-order valence-electron chi connectivity index (χ3n) is 4.72. The van der Waals surface area contributed by atoms with Gasteiger partial charge in [0.15, 0.2) is 0 Å². The molecular weight excluding hydrogens is 179 g/mol. The van der Waals surface area contributed by atoms with Crippen molar-refractivity contribution >= 4 is 7.28 Å². The Hall–Kier alpha value is 0.0649. The van der Waals surface area contributed by atoms with Crippen LogP contribution in [-0.4, -0.2) is 7.28 Å². The summed E-state index contributed by atoms with van der Waals surface area (Å²) in [5.74, 6) is 2.25. The van der Waals surface area contributed by atoms with Crippen molar-refractivity contribution in [1.82, 2.24) is 0 Å². The predicted molar refractivity (Wildman–Crippen MR) is 70.0 cm³/mol. The minimum absolute atomic E-state index is 1.12. The summed E-state index contributed by atoms with van der Waals surface area (Å²) in [4.78, 5) is 0. The maximum absolute atomic E-state index is 1.56. The van der Waals surface area contributed by atoms with Crippen LogP contribution < -0.4 is 0 Å². The van der Waals surface area contributed by atoms with Crippen molar-refractivity contribution < 1.29 is 0 Å². The quantitative estimate of drug-likeness (QED) is 0.551. The molecular formula is C14H27B. The fourth-order valence-corrected chi connectivity index (χ4v) is 3.74. The smallest absolute Gasteiger partial charge is 0.0772 e. The molecule has 0 N–H and O–H groups in total. The van der Waals surface area contributed by atoms with Crippen LogP contribution in [0.25, 0.3) is 0 Å². The van der Waals surface area contributed by atoms with E-state index in [1.165, 1.54) is 57.7 Å². The van der Waals surface area contributed by atoms with E-state index in [4.69, 9.17) is 0 Å². The molecule has 1 atom stereocenters. The van der Waals surface area contributed by atoms with E-state index in [1.54, 1.807) is 26.5 Å². The molecule has 2 aliphatic rings. The van der Waals surface area contributed by atoms with Crippen LogP contribution >= 0.6 is 0 Å². The lowest BCUT2D eigenvalue weighted by molar-refractivity contribution is 0.366. The molecule has 1 heterocycles. The van der Waals surface area contributed by atoms with Gasteiger partial charge in [-0.3, -0.25) is 0 Å². The van der Waals surface area contributed by atoms with Crippen molar-refractivity contribution in [2.45, 2.75) is 82.8 Å². The van der Waals surface area contributed by atoms with Gasteiger partial charge in [-0.2, -0.15) is 0 Å². The molecule has 1 unspecified atom stereocenters. The second-order valence-corrected chi connectivity index (χ2v) is 5.86. The molecule has 86 valence electrons. The van der Waals surface area contributed by atoms with Crippen LogP contribution in [0, 0.1) is 5.92 Å². The molecule has 0 bridgehead atoms. The van der Waals surface area contributed by atoms with Gasteiger partial charge in [-0.1, -0.05) is 82.8 Å². The van der Waals surface area contributed by atoms with Gasteiger partial charge >= 0.3 is 0 Å². The summed E-state index contributed by atoms with van der Waals surface area (Å²) in [5.41, 5.74) is 0. The molecule has 0 nitrogen and oxygen atoms in total. The van der Waals surface area contributed by atoms with Crippen LogP contribution in [0.4, 0.5) is 0 Å². The first kappa shape index (κ1) is 11.5.